The highest BCUT2D eigenvalue weighted by Gasteiger charge is 2.33. The van der Waals surface area contributed by atoms with E-state index < -0.39 is 0 Å². The summed E-state index contributed by atoms with van der Waals surface area (Å²) >= 11 is 3.50. The quantitative estimate of drug-likeness (QED) is 0.854. The van der Waals surface area contributed by atoms with Gasteiger partial charge in [-0.1, -0.05) is 28.1 Å². The van der Waals surface area contributed by atoms with Crippen molar-refractivity contribution >= 4 is 15.9 Å². The molecule has 1 heterocycles. The van der Waals surface area contributed by atoms with Crippen molar-refractivity contribution in [2.24, 2.45) is 0 Å². The summed E-state index contributed by atoms with van der Waals surface area (Å²) < 4.78 is 7.07. The van der Waals surface area contributed by atoms with Gasteiger partial charge in [0, 0.05) is 16.1 Å². The van der Waals surface area contributed by atoms with Crippen molar-refractivity contribution in [1.29, 1.82) is 0 Å². The SMILES string of the molecule is C[C@@H]1NC(C)(C)CO[C@H]1c1cccc(Br)c1. The molecule has 1 N–H and O–H groups in total. The average molecular weight is 284 g/mol. The molecule has 0 aromatic heterocycles. The second-order valence-corrected chi connectivity index (χ2v) is 6.02. The Morgan fingerprint density at radius 1 is 1.44 bits per heavy atom. The van der Waals surface area contributed by atoms with Crippen LogP contribution in [0.1, 0.15) is 32.4 Å². The Morgan fingerprint density at radius 3 is 2.81 bits per heavy atom. The van der Waals surface area contributed by atoms with Crippen molar-refractivity contribution in [3.05, 3.63) is 34.3 Å². The molecule has 16 heavy (non-hydrogen) atoms. The molecule has 1 aliphatic rings. The molecule has 3 heteroatoms. The first-order valence-corrected chi connectivity index (χ1v) is 6.42. The number of morpholine rings is 1. The smallest absolute Gasteiger partial charge is 0.0976 e. The molecular weight excluding hydrogens is 266 g/mol. The van der Waals surface area contributed by atoms with Crippen molar-refractivity contribution in [3.8, 4) is 0 Å². The highest BCUT2D eigenvalue weighted by molar-refractivity contribution is 9.10. The molecule has 1 saturated heterocycles. The molecular formula is C13H18BrNO. The Bertz CT molecular complexity index is 378. The topological polar surface area (TPSA) is 21.3 Å². The molecule has 1 fully saturated rings. The van der Waals surface area contributed by atoms with Crippen molar-refractivity contribution in [2.75, 3.05) is 6.61 Å². The molecule has 0 radical (unpaired) electrons. The van der Waals surface area contributed by atoms with Gasteiger partial charge in [0.15, 0.2) is 0 Å². The standard InChI is InChI=1S/C13H18BrNO/c1-9-12(16-8-13(2,3)15-9)10-5-4-6-11(14)7-10/h4-7,9,12,15H,8H2,1-3H3/t9-,12+/m0/s1. The fourth-order valence-electron chi connectivity index (χ4n) is 2.24. The lowest BCUT2D eigenvalue weighted by molar-refractivity contribution is -0.0495. The largest absolute Gasteiger partial charge is 0.370 e. The number of nitrogens with one attached hydrogen (secondary N) is 1. The van der Waals surface area contributed by atoms with E-state index in [2.05, 4.69) is 60.2 Å². The van der Waals surface area contributed by atoms with E-state index in [1.54, 1.807) is 0 Å². The zero-order valence-corrected chi connectivity index (χ0v) is 11.5. The van der Waals surface area contributed by atoms with Crippen LogP contribution >= 0.6 is 15.9 Å². The van der Waals surface area contributed by atoms with E-state index in [4.69, 9.17) is 4.74 Å². The lowest BCUT2D eigenvalue weighted by Gasteiger charge is -2.41. The van der Waals surface area contributed by atoms with Gasteiger partial charge in [0.1, 0.15) is 0 Å². The zero-order chi connectivity index (χ0) is 11.8. The van der Waals surface area contributed by atoms with Crippen molar-refractivity contribution in [1.82, 2.24) is 5.32 Å². The first-order chi connectivity index (χ1) is 7.48. The van der Waals surface area contributed by atoms with Gasteiger partial charge < -0.3 is 10.1 Å². The Labute approximate surface area is 106 Å². The molecule has 88 valence electrons. The minimum atomic E-state index is 0.0714. The van der Waals surface area contributed by atoms with Gasteiger partial charge in [-0.2, -0.15) is 0 Å². The number of halogens is 1. The maximum Gasteiger partial charge on any atom is 0.0976 e. The lowest BCUT2D eigenvalue weighted by atomic mass is 9.96. The summed E-state index contributed by atoms with van der Waals surface area (Å²) in [6.45, 7) is 7.25. The molecule has 0 saturated carbocycles. The van der Waals surface area contributed by atoms with Gasteiger partial charge in [-0.15, -0.1) is 0 Å². The predicted molar refractivity (Wildman–Crippen MR) is 69.5 cm³/mol. The van der Waals surface area contributed by atoms with Crippen molar-refractivity contribution < 1.29 is 4.74 Å². The second kappa shape index (κ2) is 4.47. The maximum atomic E-state index is 5.96. The molecule has 2 nitrogen and oxygen atoms in total. The predicted octanol–water partition coefficient (Wildman–Crippen LogP) is 3.28. The van der Waals surface area contributed by atoms with Crippen LogP contribution in [0.25, 0.3) is 0 Å². The summed E-state index contributed by atoms with van der Waals surface area (Å²) in [5.41, 5.74) is 1.30. The average Bonchev–Trinajstić information content (AvgIpc) is 2.15. The minimum Gasteiger partial charge on any atom is -0.370 e. The second-order valence-electron chi connectivity index (χ2n) is 5.10. The molecule has 2 atom stereocenters. The number of hydrogen-bond donors (Lipinski definition) is 1. The van der Waals surface area contributed by atoms with E-state index in [1.165, 1.54) is 5.56 Å². The monoisotopic (exact) mass is 283 g/mol. The first kappa shape index (κ1) is 12.1. The van der Waals surface area contributed by atoms with Crippen LogP contribution in [0.5, 0.6) is 0 Å². The zero-order valence-electron chi connectivity index (χ0n) is 9.96. The number of benzene rings is 1. The van der Waals surface area contributed by atoms with E-state index in [0.29, 0.717) is 6.04 Å². The highest BCUT2D eigenvalue weighted by Crippen LogP contribution is 2.29. The molecule has 0 amide bonds. The molecule has 0 unspecified atom stereocenters. The van der Waals surface area contributed by atoms with Crippen LogP contribution in [0.3, 0.4) is 0 Å². The Balaban J connectivity index is 2.17. The molecule has 0 spiro atoms. The van der Waals surface area contributed by atoms with E-state index in [1.807, 2.05) is 6.07 Å². The third kappa shape index (κ3) is 2.65. The number of rotatable bonds is 1. The normalized spacial score (nSPS) is 29.0. The van der Waals surface area contributed by atoms with Crippen molar-refractivity contribution in [3.63, 3.8) is 0 Å². The van der Waals surface area contributed by atoms with Gasteiger partial charge in [-0.3, -0.25) is 0 Å². The van der Waals surface area contributed by atoms with Gasteiger partial charge in [-0.05, 0) is 38.5 Å². The van der Waals surface area contributed by atoms with E-state index in [0.717, 1.165) is 11.1 Å². The van der Waals surface area contributed by atoms with Gasteiger partial charge in [0.25, 0.3) is 0 Å². The summed E-state index contributed by atoms with van der Waals surface area (Å²) in [4.78, 5) is 0. The fourth-order valence-corrected chi connectivity index (χ4v) is 2.66. The third-order valence-corrected chi connectivity index (χ3v) is 3.37. The summed E-state index contributed by atoms with van der Waals surface area (Å²) in [5.74, 6) is 0. The van der Waals surface area contributed by atoms with Crippen molar-refractivity contribution in [2.45, 2.75) is 38.5 Å². The molecule has 2 rings (SSSR count). The number of hydrogen-bond acceptors (Lipinski definition) is 2. The van der Waals surface area contributed by atoms with Crippen LogP contribution in [-0.4, -0.2) is 18.2 Å². The minimum absolute atomic E-state index is 0.0714. The molecule has 1 aliphatic heterocycles. The lowest BCUT2D eigenvalue weighted by Crippen LogP contribution is -2.55. The van der Waals surface area contributed by atoms with Crippen LogP contribution in [0.15, 0.2) is 28.7 Å². The van der Waals surface area contributed by atoms with Gasteiger partial charge in [0.2, 0.25) is 0 Å². The van der Waals surface area contributed by atoms with Gasteiger partial charge in [0.05, 0.1) is 12.7 Å². The Kier molecular flexibility index (Phi) is 3.38. The summed E-state index contributed by atoms with van der Waals surface area (Å²) in [5, 5.41) is 3.58. The first-order valence-electron chi connectivity index (χ1n) is 5.63. The third-order valence-electron chi connectivity index (χ3n) is 2.87. The molecule has 1 aromatic carbocycles. The summed E-state index contributed by atoms with van der Waals surface area (Å²) in [6, 6.07) is 8.66. The van der Waals surface area contributed by atoms with Crippen LogP contribution < -0.4 is 5.32 Å². The summed E-state index contributed by atoms with van der Waals surface area (Å²) in [7, 11) is 0. The van der Waals surface area contributed by atoms with E-state index in [9.17, 15) is 0 Å². The van der Waals surface area contributed by atoms with E-state index >= 15 is 0 Å². The van der Waals surface area contributed by atoms with Crippen LogP contribution in [0, 0.1) is 0 Å². The molecule has 0 bridgehead atoms. The molecule has 1 aromatic rings. The van der Waals surface area contributed by atoms with Gasteiger partial charge in [-0.25, -0.2) is 0 Å². The number of ether oxygens (including phenoxy) is 1. The fraction of sp³-hybridized carbons (Fsp3) is 0.538. The van der Waals surface area contributed by atoms with Gasteiger partial charge >= 0.3 is 0 Å². The Morgan fingerprint density at radius 2 is 2.19 bits per heavy atom. The van der Waals surface area contributed by atoms with Crippen LogP contribution in [-0.2, 0) is 4.74 Å². The maximum absolute atomic E-state index is 5.96. The van der Waals surface area contributed by atoms with E-state index in [-0.39, 0.29) is 11.6 Å². The Hall–Kier alpha value is -0.380. The van der Waals surface area contributed by atoms with Crippen LogP contribution in [0.4, 0.5) is 0 Å². The molecule has 0 aliphatic carbocycles. The summed E-state index contributed by atoms with van der Waals surface area (Å²) in [6.07, 6.45) is 0.144. The van der Waals surface area contributed by atoms with Crippen LogP contribution in [0.2, 0.25) is 0 Å². The highest BCUT2D eigenvalue weighted by atomic mass is 79.9.